The van der Waals surface area contributed by atoms with Crippen LogP contribution in [-0.2, 0) is 55.3 Å². The van der Waals surface area contributed by atoms with E-state index >= 15 is 0 Å². The van der Waals surface area contributed by atoms with Gasteiger partial charge in [-0.3, -0.25) is 31.9 Å². The molecule has 400 valence electrons. The molecule has 0 radical (unpaired) electrons. The van der Waals surface area contributed by atoms with E-state index in [1.54, 1.807) is 0 Å². The number of allylic oxidation sites excluding steroid dienone is 12. The molecule has 0 fully saturated rings. The van der Waals surface area contributed by atoms with Crippen LogP contribution in [0.1, 0.15) is 97.8 Å². The number of benzene rings is 2. The Kier molecular flexibility index (Phi) is 42.0. The third kappa shape index (κ3) is 39.3. The molecule has 0 amide bonds. The Hall–Kier alpha value is -3.95. The molecule has 0 spiro atoms. The Bertz CT molecular complexity index is 1840. The fourth-order valence-electron chi connectivity index (χ4n) is 5.46. The van der Waals surface area contributed by atoms with E-state index in [1.807, 2.05) is 86.7 Å². The van der Waals surface area contributed by atoms with E-state index in [1.165, 1.54) is 14.2 Å². The minimum Gasteiger partial charge on any atom is -0.494 e. The molecule has 2 aromatic carbocycles. The Balaban J connectivity index is 0.000000876. The van der Waals surface area contributed by atoms with Crippen LogP contribution in [-0.4, -0.2) is 104 Å². The molecular formula is C54H84O15P2. The summed E-state index contributed by atoms with van der Waals surface area (Å²) in [5.41, 5.74) is 0. The van der Waals surface area contributed by atoms with Gasteiger partial charge in [-0.05, 0) is 82.1 Å². The zero-order valence-corrected chi connectivity index (χ0v) is 44.8. The molecule has 0 aromatic heterocycles. The number of carbonyl (C=O) groups is 1. The first-order valence-electron chi connectivity index (χ1n) is 24.8. The molecule has 15 nitrogen and oxygen atoms in total. The minimum atomic E-state index is -3.75. The average Bonchev–Trinajstić information content (AvgIpc) is 3.39. The van der Waals surface area contributed by atoms with Crippen LogP contribution in [0.2, 0.25) is 0 Å². The number of aliphatic hydroxyl groups excluding tert-OH is 1. The van der Waals surface area contributed by atoms with Crippen molar-refractivity contribution in [2.75, 3.05) is 80.3 Å². The summed E-state index contributed by atoms with van der Waals surface area (Å²) in [6, 6.07) is 19.1. The van der Waals surface area contributed by atoms with Crippen LogP contribution in [0.4, 0.5) is 0 Å². The van der Waals surface area contributed by atoms with Gasteiger partial charge in [0.05, 0.1) is 52.9 Å². The molecule has 0 saturated heterocycles. The Morgan fingerprint density at radius 3 is 1.38 bits per heavy atom. The van der Waals surface area contributed by atoms with Crippen molar-refractivity contribution < 1.29 is 69.9 Å². The van der Waals surface area contributed by atoms with Crippen molar-refractivity contribution in [1.29, 1.82) is 0 Å². The number of rotatable bonds is 43. The fourth-order valence-corrected chi connectivity index (χ4v) is 7.55. The Morgan fingerprint density at radius 2 is 0.944 bits per heavy atom. The minimum absolute atomic E-state index is 0.0723. The van der Waals surface area contributed by atoms with E-state index in [2.05, 4.69) is 67.7 Å². The van der Waals surface area contributed by atoms with Crippen molar-refractivity contribution in [3.63, 3.8) is 0 Å². The highest BCUT2D eigenvalue weighted by Crippen LogP contribution is 2.49. The number of esters is 1. The molecule has 0 bridgehead atoms. The van der Waals surface area contributed by atoms with E-state index < -0.39 is 33.8 Å². The van der Waals surface area contributed by atoms with E-state index in [-0.39, 0.29) is 46.1 Å². The molecule has 1 N–H and O–H groups in total. The van der Waals surface area contributed by atoms with E-state index in [0.29, 0.717) is 58.5 Å². The molecule has 2 rings (SSSR count). The van der Waals surface area contributed by atoms with Crippen LogP contribution in [0.5, 0.6) is 11.5 Å². The number of ether oxygens (including phenoxy) is 5. The first-order chi connectivity index (χ1) is 34.6. The van der Waals surface area contributed by atoms with Gasteiger partial charge in [0.25, 0.3) is 0 Å². The summed E-state index contributed by atoms with van der Waals surface area (Å²) in [6.45, 7) is 8.03. The van der Waals surface area contributed by atoms with E-state index in [4.69, 9.17) is 50.8 Å². The lowest BCUT2D eigenvalue weighted by molar-refractivity contribution is -0.154. The van der Waals surface area contributed by atoms with Gasteiger partial charge in [0.15, 0.2) is 0 Å². The van der Waals surface area contributed by atoms with Crippen LogP contribution in [0.3, 0.4) is 0 Å². The molecule has 2 aromatic rings. The first kappa shape index (κ1) is 65.1. The van der Waals surface area contributed by atoms with Gasteiger partial charge in [-0.2, -0.15) is 0 Å². The van der Waals surface area contributed by atoms with Gasteiger partial charge in [-0.15, -0.1) is 0 Å². The number of hydrogen-bond acceptors (Lipinski definition) is 15. The molecule has 4 atom stereocenters. The highest BCUT2D eigenvalue weighted by atomic mass is 31.2. The van der Waals surface area contributed by atoms with Crippen LogP contribution in [0.25, 0.3) is 0 Å². The van der Waals surface area contributed by atoms with E-state index in [0.717, 1.165) is 50.0 Å². The summed E-state index contributed by atoms with van der Waals surface area (Å²) in [7, 11) is -4.84. The van der Waals surface area contributed by atoms with Gasteiger partial charge >= 0.3 is 21.6 Å². The maximum absolute atomic E-state index is 12.7. The molecule has 17 heteroatoms. The van der Waals surface area contributed by atoms with Gasteiger partial charge in [-0.1, -0.05) is 130 Å². The van der Waals surface area contributed by atoms with Gasteiger partial charge in [0.2, 0.25) is 0 Å². The zero-order chi connectivity index (χ0) is 51.8. The molecule has 0 saturated carbocycles. The topological polar surface area (TPSA) is 173 Å². The number of phosphoric ester groups is 2. The molecule has 0 aliphatic carbocycles. The summed E-state index contributed by atoms with van der Waals surface area (Å²) >= 11 is 0. The maximum Gasteiger partial charge on any atom is 0.474 e. The third-order valence-corrected chi connectivity index (χ3v) is 11.9. The van der Waals surface area contributed by atoms with Crippen molar-refractivity contribution in [1.82, 2.24) is 0 Å². The summed E-state index contributed by atoms with van der Waals surface area (Å²) in [5.74, 6) is 1.21. The normalized spacial score (nSPS) is 14.6. The summed E-state index contributed by atoms with van der Waals surface area (Å²) in [5, 5.41) is 9.75. The number of para-hydroxylation sites is 2. The zero-order valence-electron chi connectivity index (χ0n) is 43.0. The highest BCUT2D eigenvalue weighted by Gasteiger charge is 2.28. The Labute approximate surface area is 425 Å². The lowest BCUT2D eigenvalue weighted by Crippen LogP contribution is -2.28. The van der Waals surface area contributed by atoms with Gasteiger partial charge in [0, 0.05) is 46.7 Å². The SMILES string of the molecule is CC/C=C\C/C=C\C/C=C\C/C=C\C/C=C\C/C=C\CCC(=O)O[C@@H](COCCCOc1ccccc1)COP(=O)(OC)OCCC.CCCOP(=O)(OC)OC[C@@H](O)COCCCOc1ccccc1. The van der Waals surface area contributed by atoms with Crippen molar-refractivity contribution in [2.24, 2.45) is 0 Å². The average molecular weight is 1040 g/mol. The van der Waals surface area contributed by atoms with Crippen molar-refractivity contribution in [2.45, 2.75) is 110 Å². The highest BCUT2D eigenvalue weighted by molar-refractivity contribution is 7.48. The smallest absolute Gasteiger partial charge is 0.474 e. The molecular weight excluding hydrogens is 951 g/mol. The van der Waals surface area contributed by atoms with Crippen molar-refractivity contribution in [3.05, 3.63) is 134 Å². The number of hydrogen-bond donors (Lipinski definition) is 1. The maximum atomic E-state index is 12.7. The molecule has 2 unspecified atom stereocenters. The number of phosphoric acid groups is 2. The van der Waals surface area contributed by atoms with Gasteiger partial charge < -0.3 is 28.8 Å². The number of aliphatic hydroxyl groups is 1. The molecule has 0 heterocycles. The van der Waals surface area contributed by atoms with Crippen molar-refractivity contribution >= 4 is 21.6 Å². The van der Waals surface area contributed by atoms with Crippen LogP contribution < -0.4 is 9.47 Å². The fraction of sp³-hybridized carbons (Fsp3) is 0.537. The second-order valence-electron chi connectivity index (χ2n) is 15.4. The summed E-state index contributed by atoms with van der Waals surface area (Å²) < 4.78 is 82.9. The number of carbonyl (C=O) groups excluding carboxylic acids is 1. The summed E-state index contributed by atoms with van der Waals surface area (Å²) in [6.07, 6.45) is 33.2. The van der Waals surface area contributed by atoms with Gasteiger partial charge in [-0.25, -0.2) is 9.13 Å². The quantitative estimate of drug-likeness (QED) is 0.0287. The lowest BCUT2D eigenvalue weighted by atomic mass is 10.2. The molecule has 71 heavy (non-hydrogen) atoms. The molecule has 0 aliphatic rings. The third-order valence-electron chi connectivity index (χ3n) is 9.11. The van der Waals surface area contributed by atoms with Crippen molar-refractivity contribution in [3.8, 4) is 11.5 Å². The van der Waals surface area contributed by atoms with Crippen LogP contribution >= 0.6 is 15.6 Å². The predicted molar refractivity (Wildman–Crippen MR) is 282 cm³/mol. The molecule has 0 aliphatic heterocycles. The predicted octanol–water partition coefficient (Wildman–Crippen LogP) is 13.1. The second-order valence-corrected chi connectivity index (χ2v) is 19.0. The summed E-state index contributed by atoms with van der Waals surface area (Å²) in [4.78, 5) is 12.5. The standard InChI is InChI=1S/C38H57O8P.C16H27O7P/c1-4-6-7-8-9-10-11-12-13-14-15-16-17-18-19-20-21-22-26-30-38(39)46-37(35-45-47(40,41-3)44-31-5-2)34-42-32-27-33-43-36-28-24-23-25-29-36;1-3-10-22-24(18,19-2)23-14-15(17)13-20-11-7-12-21-16-8-5-4-6-9-16/h6-7,9-10,12-13,15-16,18-19,21-25,28-29,37H,4-5,8,11,14,17,20,26-27,30-35H2,1-3H3;4-6,8-9,15,17H,3,7,10-14H2,1-2H3/b7-6-,10-9-,13-12-,16-15-,19-18-,22-21-;/t37-,47?;15-,24?/m00/s1. The second kappa shape index (κ2) is 45.9. The largest absolute Gasteiger partial charge is 0.494 e. The first-order valence-corrected chi connectivity index (χ1v) is 27.7. The van der Waals surface area contributed by atoms with E-state index in [9.17, 15) is 19.0 Å². The Morgan fingerprint density at radius 1 is 0.521 bits per heavy atom. The monoisotopic (exact) mass is 1030 g/mol. The van der Waals surface area contributed by atoms with Gasteiger partial charge in [0.1, 0.15) is 23.7 Å². The van der Waals surface area contributed by atoms with Crippen LogP contribution in [0.15, 0.2) is 134 Å². The lowest BCUT2D eigenvalue weighted by Gasteiger charge is -2.21. The van der Waals surface area contributed by atoms with Crippen LogP contribution in [0, 0.1) is 0 Å².